The fourth-order valence-electron chi connectivity index (χ4n) is 5.03. The van der Waals surface area contributed by atoms with Crippen molar-refractivity contribution in [3.05, 3.63) is 165 Å². The average Bonchev–Trinajstić information content (AvgIpc) is 3.74. The van der Waals surface area contributed by atoms with Gasteiger partial charge in [-0.1, -0.05) is 78.6 Å². The van der Waals surface area contributed by atoms with Crippen LogP contribution in [0.1, 0.15) is 0 Å². The van der Waals surface area contributed by atoms with Crippen molar-refractivity contribution in [2.24, 2.45) is 0 Å². The number of hydrogen-bond acceptors (Lipinski definition) is 0. The van der Waals surface area contributed by atoms with Gasteiger partial charge in [0.05, 0.1) is 0 Å². The van der Waals surface area contributed by atoms with E-state index in [4.69, 9.17) is 0 Å². The zero-order valence-electron chi connectivity index (χ0n) is 31.0. The second-order valence-electron chi connectivity index (χ2n) is 15.6. The van der Waals surface area contributed by atoms with Gasteiger partial charge >= 0.3 is 43.4 Å². The van der Waals surface area contributed by atoms with Crippen molar-refractivity contribution in [3.8, 4) is 0 Å². The third-order valence-corrected chi connectivity index (χ3v) is 23.0. The van der Waals surface area contributed by atoms with Crippen LogP contribution in [0.15, 0.2) is 141 Å². The molecule has 47 heavy (non-hydrogen) atoms. The molecule has 0 nitrogen and oxygen atoms in total. The molecule has 7 heteroatoms. The summed E-state index contributed by atoms with van der Waals surface area (Å²) in [5.74, 6) is 0. The van der Waals surface area contributed by atoms with Crippen LogP contribution in [0.3, 0.4) is 0 Å². The van der Waals surface area contributed by atoms with Crippen molar-refractivity contribution < 1.29 is 43.4 Å². The van der Waals surface area contributed by atoms with Gasteiger partial charge in [-0.25, -0.2) is 48.5 Å². The Bertz CT molecular complexity index is 1210. The normalized spacial score (nSPS) is 18.3. The summed E-state index contributed by atoms with van der Waals surface area (Å²) in [4.78, 5) is 3.44. The Morgan fingerprint density at radius 3 is 0.766 bits per heavy atom. The Labute approximate surface area is 324 Å². The minimum absolute atomic E-state index is 0. The minimum atomic E-state index is -1.88. The Morgan fingerprint density at radius 1 is 0.426 bits per heavy atom. The third-order valence-electron chi connectivity index (χ3n) is 6.72. The summed E-state index contributed by atoms with van der Waals surface area (Å²) in [6.07, 6.45) is 7.77. The molecule has 0 bridgehead atoms. The monoisotopic (exact) mass is 772 g/mol. The summed E-state index contributed by atoms with van der Waals surface area (Å²) in [5.41, 5.74) is 7.98. The average molecular weight is 773 g/mol. The van der Waals surface area contributed by atoms with Gasteiger partial charge in [-0.15, -0.1) is 16.1 Å². The van der Waals surface area contributed by atoms with Crippen molar-refractivity contribution in [2.75, 3.05) is 0 Å². The molecular weight excluding hydrogens is 717 g/mol. The van der Waals surface area contributed by atoms with E-state index in [2.05, 4.69) is 102 Å². The van der Waals surface area contributed by atoms with Crippen LogP contribution in [0, 0.1) is 23.6 Å². The first-order valence-electron chi connectivity index (χ1n) is 16.2. The largest absolute Gasteiger partial charge is 4.00 e. The SMILES string of the molecule is C[Si](C)(C)[C-]=C1[C-]=C([Si](C)(C)C)[Si]12C(=[C-][Si](C)(C)C)[C-]=C2[Si](C)(C)C.[Ti+4].[Ti+4].c1cc[cH-]c1.c1cc[cH-]c1.c1cc[cH-]c1.c1cc[cH-]c1. The molecule has 2 aliphatic heterocycles. The van der Waals surface area contributed by atoms with Crippen molar-refractivity contribution >= 4 is 40.4 Å². The summed E-state index contributed by atoms with van der Waals surface area (Å²) < 4.78 is 0. The molecule has 2 aliphatic rings. The zero-order chi connectivity index (χ0) is 33.8. The first kappa shape index (κ1) is 45.9. The van der Waals surface area contributed by atoms with E-state index in [0.29, 0.717) is 0 Å². The molecule has 4 aromatic carbocycles. The van der Waals surface area contributed by atoms with Gasteiger partial charge in [0.25, 0.3) is 0 Å². The molecule has 0 atom stereocenters. The second-order valence-corrected chi connectivity index (χ2v) is 39.6. The van der Waals surface area contributed by atoms with Crippen molar-refractivity contribution in [1.29, 1.82) is 0 Å². The first-order valence-corrected chi connectivity index (χ1v) is 32.2. The van der Waals surface area contributed by atoms with Gasteiger partial charge in [0.1, 0.15) is 0 Å². The van der Waals surface area contributed by atoms with E-state index in [0.717, 1.165) is 0 Å². The van der Waals surface area contributed by atoms with Crippen LogP contribution in [0.2, 0.25) is 78.6 Å². The Hall–Kier alpha value is -1.13. The van der Waals surface area contributed by atoms with E-state index in [-0.39, 0.29) is 43.4 Å². The Balaban J connectivity index is 0.000000763. The van der Waals surface area contributed by atoms with E-state index >= 15 is 0 Å². The zero-order valence-corrected chi connectivity index (χ0v) is 39.2. The predicted octanol–water partition coefficient (Wildman–Crippen LogP) is 11.7. The second kappa shape index (κ2) is 20.5. The Kier molecular flexibility index (Phi) is 20.0. The maximum absolute atomic E-state index is 3.99. The van der Waals surface area contributed by atoms with Crippen LogP contribution >= 0.6 is 0 Å². The molecule has 4 aromatic rings. The van der Waals surface area contributed by atoms with Crippen LogP contribution in [-0.4, -0.2) is 40.4 Å². The molecule has 0 saturated carbocycles. The van der Waals surface area contributed by atoms with Crippen LogP contribution in [-0.2, 0) is 43.4 Å². The molecule has 2 heterocycles. The molecule has 0 aliphatic carbocycles. The Morgan fingerprint density at radius 2 is 0.638 bits per heavy atom. The molecule has 6 rings (SSSR count). The van der Waals surface area contributed by atoms with E-state index < -0.39 is 40.4 Å². The van der Waals surface area contributed by atoms with E-state index in [1.165, 1.54) is 10.4 Å². The molecular formula is C40H56Si5Ti2. The fraction of sp³-hybridized carbons (Fsp3) is 0.300. The molecule has 1 spiro atoms. The van der Waals surface area contributed by atoms with Gasteiger partial charge in [0.2, 0.25) is 0 Å². The summed E-state index contributed by atoms with van der Waals surface area (Å²) in [6.45, 7) is 29.4. The van der Waals surface area contributed by atoms with Crippen LogP contribution in [0.4, 0.5) is 0 Å². The van der Waals surface area contributed by atoms with Gasteiger partial charge in [-0.05, 0) is 8.07 Å². The molecule has 244 valence electrons. The van der Waals surface area contributed by atoms with Crippen molar-refractivity contribution in [2.45, 2.75) is 78.6 Å². The minimum Gasteiger partial charge on any atom is -0.534 e. The fourth-order valence-corrected chi connectivity index (χ4v) is 25.7. The van der Waals surface area contributed by atoms with Gasteiger partial charge < -0.3 is 33.9 Å². The smallest absolute Gasteiger partial charge is 0.534 e. The van der Waals surface area contributed by atoms with Crippen molar-refractivity contribution in [3.63, 3.8) is 0 Å². The molecule has 0 amide bonds. The summed E-state index contributed by atoms with van der Waals surface area (Å²) >= 11 is 0. The number of hydrogen-bond donors (Lipinski definition) is 0. The van der Waals surface area contributed by atoms with E-state index in [9.17, 15) is 0 Å². The summed E-state index contributed by atoms with van der Waals surface area (Å²) in [6, 6.07) is 40.0. The van der Waals surface area contributed by atoms with Crippen LogP contribution in [0.25, 0.3) is 0 Å². The molecule has 0 N–H and O–H groups in total. The van der Waals surface area contributed by atoms with Gasteiger partial charge in [0, 0.05) is 16.1 Å². The topological polar surface area (TPSA) is 0 Å². The maximum atomic E-state index is 3.99. The van der Waals surface area contributed by atoms with E-state index in [1.54, 1.807) is 9.64 Å². The third kappa shape index (κ3) is 15.5. The quantitative estimate of drug-likeness (QED) is 0.143. The maximum Gasteiger partial charge on any atom is 4.00 e. The molecule has 0 fully saturated rings. The van der Waals surface area contributed by atoms with Gasteiger partial charge in [0.15, 0.2) is 0 Å². The number of allylic oxidation sites excluding steroid dienone is 4. The predicted molar refractivity (Wildman–Crippen MR) is 214 cm³/mol. The summed E-state index contributed by atoms with van der Waals surface area (Å²) in [7, 11) is -7.47. The van der Waals surface area contributed by atoms with Crippen LogP contribution < -0.4 is 0 Å². The molecule has 0 unspecified atom stereocenters. The van der Waals surface area contributed by atoms with Crippen molar-refractivity contribution in [1.82, 2.24) is 0 Å². The molecule has 0 radical (unpaired) electrons. The molecule has 0 aromatic heterocycles. The van der Waals surface area contributed by atoms with Crippen LogP contribution in [0.5, 0.6) is 0 Å². The van der Waals surface area contributed by atoms with Gasteiger partial charge in [-0.2, -0.15) is 72.8 Å². The van der Waals surface area contributed by atoms with E-state index in [1.807, 2.05) is 121 Å². The molecule has 0 saturated heterocycles. The van der Waals surface area contributed by atoms with Gasteiger partial charge in [-0.3, -0.25) is 9.64 Å². The first-order chi connectivity index (χ1) is 20.9. The number of rotatable bonds is 4. The summed E-state index contributed by atoms with van der Waals surface area (Å²) in [5, 5.41) is 2.97. The standard InChI is InChI=1S/C20H36Si5.4C5H5.2Ti/c1-21(2,3)15-17-13-19(23(7,8)9)25(17)18(16-22(4,5)6)14-20(25)24(10,11)12;4*1-2-4-5-3-1;;/h1-12H3;4*1-5H;;/q-4;4*-1;2*+4.